The van der Waals surface area contributed by atoms with E-state index in [1.807, 2.05) is 24.3 Å². The minimum Gasteiger partial charge on any atom is -0.361 e. The average Bonchev–Trinajstić information content (AvgIpc) is 2.69. The molecule has 2 atom stereocenters. The number of rotatable bonds is 4. The van der Waals surface area contributed by atoms with E-state index in [0.717, 1.165) is 16.5 Å². The Balaban J connectivity index is 2.41. The molecule has 0 radical (unpaired) electrons. The van der Waals surface area contributed by atoms with Crippen molar-refractivity contribution in [1.29, 1.82) is 0 Å². The number of H-pyrrole nitrogens is 1. The van der Waals surface area contributed by atoms with Gasteiger partial charge in [-0.1, -0.05) is 18.2 Å². The summed E-state index contributed by atoms with van der Waals surface area (Å²) >= 11 is 0. The van der Waals surface area contributed by atoms with E-state index in [0.29, 0.717) is 0 Å². The molecule has 2 aromatic rings. The molecule has 17 heavy (non-hydrogen) atoms. The topological polar surface area (TPSA) is 41.8 Å². The van der Waals surface area contributed by atoms with Gasteiger partial charge >= 0.3 is 0 Å². The van der Waals surface area contributed by atoms with Crippen molar-refractivity contribution in [3.63, 3.8) is 0 Å². The van der Waals surface area contributed by atoms with E-state index in [1.54, 1.807) is 13.1 Å². The summed E-state index contributed by atoms with van der Waals surface area (Å²) in [4.78, 5) is 3.10. The molecule has 1 heterocycles. The van der Waals surface area contributed by atoms with E-state index >= 15 is 0 Å². The van der Waals surface area contributed by atoms with E-state index in [-0.39, 0.29) is 18.4 Å². The second kappa shape index (κ2) is 4.84. The summed E-state index contributed by atoms with van der Waals surface area (Å²) in [6.07, 6.45) is -0.736. The Kier molecular flexibility index (Phi) is 3.43. The molecule has 92 valence electrons. The maximum atomic E-state index is 12.6. The second-order valence-electron chi connectivity index (χ2n) is 4.38. The molecule has 0 spiro atoms. The zero-order valence-electron chi connectivity index (χ0n) is 9.66. The SMILES string of the molecule is CC(N)C(CC(F)F)c1c[nH]c2ccccc12. The maximum Gasteiger partial charge on any atom is 0.239 e. The third-order valence-electron chi connectivity index (χ3n) is 3.09. The first-order chi connectivity index (χ1) is 8.09. The molecule has 1 aromatic carbocycles. The highest BCUT2D eigenvalue weighted by molar-refractivity contribution is 5.83. The lowest BCUT2D eigenvalue weighted by Crippen LogP contribution is -2.26. The van der Waals surface area contributed by atoms with Crippen LogP contribution in [0, 0.1) is 0 Å². The number of fused-ring (bicyclic) bond motifs is 1. The van der Waals surface area contributed by atoms with Gasteiger partial charge in [0, 0.05) is 35.5 Å². The van der Waals surface area contributed by atoms with Crippen LogP contribution >= 0.6 is 0 Å². The Morgan fingerprint density at radius 2 is 2.00 bits per heavy atom. The lowest BCUT2D eigenvalue weighted by Gasteiger charge is -2.20. The Morgan fingerprint density at radius 1 is 1.29 bits per heavy atom. The minimum absolute atomic E-state index is 0.195. The number of aromatic nitrogens is 1. The van der Waals surface area contributed by atoms with Crippen LogP contribution in [0.5, 0.6) is 0 Å². The van der Waals surface area contributed by atoms with Gasteiger partial charge in [-0.3, -0.25) is 0 Å². The van der Waals surface area contributed by atoms with Gasteiger partial charge in [0.15, 0.2) is 0 Å². The number of aromatic amines is 1. The third kappa shape index (κ3) is 2.47. The van der Waals surface area contributed by atoms with E-state index in [2.05, 4.69) is 4.98 Å². The summed E-state index contributed by atoms with van der Waals surface area (Å²) in [5, 5.41) is 0.982. The Morgan fingerprint density at radius 3 is 2.65 bits per heavy atom. The molecule has 0 aliphatic carbocycles. The third-order valence-corrected chi connectivity index (χ3v) is 3.09. The van der Waals surface area contributed by atoms with E-state index in [4.69, 9.17) is 5.73 Å². The predicted molar refractivity (Wildman–Crippen MR) is 65.3 cm³/mol. The highest BCUT2D eigenvalue weighted by Crippen LogP contribution is 2.31. The first kappa shape index (κ1) is 12.0. The van der Waals surface area contributed by atoms with Crippen molar-refractivity contribution >= 4 is 10.9 Å². The quantitative estimate of drug-likeness (QED) is 0.843. The molecule has 0 aliphatic rings. The van der Waals surface area contributed by atoms with E-state index < -0.39 is 6.43 Å². The van der Waals surface area contributed by atoms with Gasteiger partial charge in [-0.2, -0.15) is 0 Å². The molecule has 0 aliphatic heterocycles. The van der Waals surface area contributed by atoms with Gasteiger partial charge < -0.3 is 10.7 Å². The predicted octanol–water partition coefficient (Wildman–Crippen LogP) is 3.25. The van der Waals surface area contributed by atoms with Gasteiger partial charge in [-0.05, 0) is 18.6 Å². The Bertz CT molecular complexity index is 491. The van der Waals surface area contributed by atoms with Gasteiger partial charge in [-0.15, -0.1) is 0 Å². The summed E-state index contributed by atoms with van der Waals surface area (Å²) in [5.74, 6) is -0.314. The average molecular weight is 238 g/mol. The van der Waals surface area contributed by atoms with Gasteiger partial charge in [0.25, 0.3) is 0 Å². The zero-order valence-corrected chi connectivity index (χ0v) is 9.66. The summed E-state index contributed by atoms with van der Waals surface area (Å²) in [5.41, 5.74) is 7.67. The lowest BCUT2D eigenvalue weighted by atomic mass is 9.90. The maximum absolute atomic E-state index is 12.6. The number of para-hydroxylation sites is 1. The minimum atomic E-state index is -2.33. The summed E-state index contributed by atoms with van der Waals surface area (Å²) < 4.78 is 25.1. The number of alkyl halides is 2. The molecular formula is C13H16F2N2. The van der Waals surface area contributed by atoms with Crippen LogP contribution in [0.15, 0.2) is 30.5 Å². The number of nitrogens with one attached hydrogen (secondary N) is 1. The molecule has 0 saturated carbocycles. The van der Waals surface area contributed by atoms with E-state index in [9.17, 15) is 8.78 Å². The van der Waals surface area contributed by atoms with Gasteiger partial charge in [0.1, 0.15) is 0 Å². The fourth-order valence-corrected chi connectivity index (χ4v) is 2.22. The molecule has 2 nitrogen and oxygen atoms in total. The number of hydrogen-bond donors (Lipinski definition) is 2. The normalized spacial score (nSPS) is 15.4. The standard InChI is InChI=1S/C13H16F2N2/c1-8(16)10(6-13(14)15)11-7-17-12-5-3-2-4-9(11)12/h2-5,7-8,10,13,17H,6,16H2,1H3. The molecule has 1 aromatic heterocycles. The van der Waals surface area contributed by atoms with Crippen molar-refractivity contribution in [2.75, 3.05) is 0 Å². The highest BCUT2D eigenvalue weighted by atomic mass is 19.3. The zero-order chi connectivity index (χ0) is 12.4. The van der Waals surface area contributed by atoms with Crippen molar-refractivity contribution in [3.8, 4) is 0 Å². The number of nitrogens with two attached hydrogens (primary N) is 1. The molecular weight excluding hydrogens is 222 g/mol. The van der Waals surface area contributed by atoms with Crippen LogP contribution < -0.4 is 5.73 Å². The highest BCUT2D eigenvalue weighted by Gasteiger charge is 2.23. The summed E-state index contributed by atoms with van der Waals surface area (Å²) in [7, 11) is 0. The molecule has 4 heteroatoms. The van der Waals surface area contributed by atoms with Crippen LogP contribution in [0.25, 0.3) is 10.9 Å². The second-order valence-corrected chi connectivity index (χ2v) is 4.38. The van der Waals surface area contributed by atoms with Crippen LogP contribution in [-0.2, 0) is 0 Å². The van der Waals surface area contributed by atoms with E-state index in [1.165, 1.54) is 0 Å². The van der Waals surface area contributed by atoms with Gasteiger partial charge in [-0.25, -0.2) is 8.78 Å². The first-order valence-corrected chi connectivity index (χ1v) is 5.69. The van der Waals surface area contributed by atoms with Gasteiger partial charge in [0.2, 0.25) is 6.43 Å². The number of hydrogen-bond acceptors (Lipinski definition) is 1. The van der Waals surface area contributed by atoms with Gasteiger partial charge in [0.05, 0.1) is 0 Å². The lowest BCUT2D eigenvalue weighted by molar-refractivity contribution is 0.124. The fraction of sp³-hybridized carbons (Fsp3) is 0.385. The van der Waals surface area contributed by atoms with Crippen molar-refractivity contribution in [1.82, 2.24) is 4.98 Å². The van der Waals surface area contributed by atoms with Crippen molar-refractivity contribution < 1.29 is 8.78 Å². The van der Waals surface area contributed by atoms with Crippen LogP contribution in [0.1, 0.15) is 24.8 Å². The summed E-state index contributed by atoms with van der Waals surface area (Å²) in [6.45, 7) is 1.77. The fourth-order valence-electron chi connectivity index (χ4n) is 2.22. The largest absolute Gasteiger partial charge is 0.361 e. The van der Waals surface area contributed by atoms with Crippen molar-refractivity contribution in [3.05, 3.63) is 36.0 Å². The molecule has 0 bridgehead atoms. The first-order valence-electron chi connectivity index (χ1n) is 5.69. The number of benzene rings is 1. The smallest absolute Gasteiger partial charge is 0.239 e. The molecule has 0 amide bonds. The molecule has 0 saturated heterocycles. The van der Waals surface area contributed by atoms with Crippen molar-refractivity contribution in [2.45, 2.75) is 31.7 Å². The molecule has 3 N–H and O–H groups in total. The molecule has 2 rings (SSSR count). The summed E-state index contributed by atoms with van der Waals surface area (Å²) in [6, 6.07) is 7.39. The molecule has 0 fully saturated rings. The van der Waals surface area contributed by atoms with Crippen LogP contribution in [0.3, 0.4) is 0 Å². The Labute approximate surface area is 98.8 Å². The number of halogens is 2. The van der Waals surface area contributed by atoms with Crippen LogP contribution in [-0.4, -0.2) is 17.5 Å². The molecule has 2 unspecified atom stereocenters. The van der Waals surface area contributed by atoms with Crippen LogP contribution in [0.2, 0.25) is 0 Å². The van der Waals surface area contributed by atoms with Crippen LogP contribution in [0.4, 0.5) is 8.78 Å². The van der Waals surface area contributed by atoms with Crippen molar-refractivity contribution in [2.24, 2.45) is 5.73 Å². The Hall–Kier alpha value is -1.42. The monoisotopic (exact) mass is 238 g/mol.